The number of carboxylic acid groups (broad SMARTS) is 1. The minimum atomic E-state index is -0.972. The molecule has 1 saturated carbocycles. The molecule has 2 unspecified atom stereocenters. The van der Waals surface area contributed by atoms with Crippen LogP contribution in [0.5, 0.6) is 0 Å². The van der Waals surface area contributed by atoms with Crippen molar-refractivity contribution in [2.75, 3.05) is 0 Å². The summed E-state index contributed by atoms with van der Waals surface area (Å²) in [6.45, 7) is 0. The fourth-order valence-electron chi connectivity index (χ4n) is 1.87. The number of carbonyl (C=O) groups is 2. The molecule has 1 amide bonds. The molecule has 5 nitrogen and oxygen atoms in total. The molecule has 0 aromatic carbocycles. The molecule has 0 aliphatic heterocycles. The zero-order valence-corrected chi connectivity index (χ0v) is 8.69. The van der Waals surface area contributed by atoms with Crippen LogP contribution in [0.2, 0.25) is 0 Å². The molecule has 86 valence electrons. The van der Waals surface area contributed by atoms with E-state index in [0.29, 0.717) is 25.2 Å². The first-order valence-electron chi connectivity index (χ1n) is 5.27. The van der Waals surface area contributed by atoms with Gasteiger partial charge in [-0.05, 0) is 37.5 Å². The largest absolute Gasteiger partial charge is 0.480 e. The molecule has 1 rings (SSSR count). The third-order valence-electron chi connectivity index (χ3n) is 2.92. The second-order valence-electron chi connectivity index (χ2n) is 4.28. The third kappa shape index (κ3) is 4.29. The highest BCUT2D eigenvalue weighted by Gasteiger charge is 2.33. The number of carboxylic acids is 1. The second-order valence-corrected chi connectivity index (χ2v) is 4.28. The Morgan fingerprint density at radius 2 is 2.00 bits per heavy atom. The summed E-state index contributed by atoms with van der Waals surface area (Å²) in [5, 5.41) is 8.69. The lowest BCUT2D eigenvalue weighted by Crippen LogP contribution is -2.33. The molecule has 2 atom stereocenters. The van der Waals surface area contributed by atoms with Crippen molar-refractivity contribution in [3.05, 3.63) is 0 Å². The van der Waals surface area contributed by atoms with E-state index in [1.165, 1.54) is 0 Å². The van der Waals surface area contributed by atoms with Gasteiger partial charge in [0, 0.05) is 6.42 Å². The molecule has 0 heterocycles. The van der Waals surface area contributed by atoms with Gasteiger partial charge in [-0.15, -0.1) is 0 Å². The fraction of sp³-hybridized carbons (Fsp3) is 0.800. The Hall–Kier alpha value is -1.10. The van der Waals surface area contributed by atoms with Crippen LogP contribution in [0.25, 0.3) is 0 Å². The monoisotopic (exact) mass is 214 g/mol. The number of nitrogens with two attached hydrogens (primary N) is 2. The Labute approximate surface area is 88.8 Å². The highest BCUT2D eigenvalue weighted by atomic mass is 16.4. The van der Waals surface area contributed by atoms with E-state index in [0.717, 1.165) is 12.8 Å². The molecule has 5 heteroatoms. The van der Waals surface area contributed by atoms with E-state index in [1.54, 1.807) is 0 Å². The van der Waals surface area contributed by atoms with E-state index in [1.807, 2.05) is 0 Å². The average molecular weight is 214 g/mol. The van der Waals surface area contributed by atoms with Crippen LogP contribution in [0.3, 0.4) is 0 Å². The molecule has 0 aromatic rings. The van der Waals surface area contributed by atoms with Gasteiger partial charge in [0.25, 0.3) is 0 Å². The molecular formula is C10H18N2O3. The molecule has 1 fully saturated rings. The van der Waals surface area contributed by atoms with Gasteiger partial charge in [0.1, 0.15) is 6.04 Å². The van der Waals surface area contributed by atoms with Crippen molar-refractivity contribution < 1.29 is 14.7 Å². The van der Waals surface area contributed by atoms with Gasteiger partial charge < -0.3 is 16.6 Å². The SMILES string of the molecule is NC(=O)CCC(CC(N)C(=O)O)C1CC1. The highest BCUT2D eigenvalue weighted by Crippen LogP contribution is 2.41. The van der Waals surface area contributed by atoms with Crippen molar-refractivity contribution in [1.29, 1.82) is 0 Å². The van der Waals surface area contributed by atoms with E-state index in [2.05, 4.69) is 0 Å². The van der Waals surface area contributed by atoms with Crippen molar-refractivity contribution in [3.8, 4) is 0 Å². The Morgan fingerprint density at radius 1 is 1.40 bits per heavy atom. The number of hydrogen-bond donors (Lipinski definition) is 3. The van der Waals surface area contributed by atoms with Gasteiger partial charge in [0.15, 0.2) is 0 Å². The minimum Gasteiger partial charge on any atom is -0.480 e. The molecular weight excluding hydrogens is 196 g/mol. The number of amides is 1. The van der Waals surface area contributed by atoms with Crippen LogP contribution < -0.4 is 11.5 Å². The van der Waals surface area contributed by atoms with Gasteiger partial charge in [0.2, 0.25) is 5.91 Å². The number of primary amides is 1. The molecule has 0 spiro atoms. The van der Waals surface area contributed by atoms with E-state index in [9.17, 15) is 9.59 Å². The summed E-state index contributed by atoms with van der Waals surface area (Å²) in [7, 11) is 0. The summed E-state index contributed by atoms with van der Waals surface area (Å²) in [5.74, 6) is -0.511. The van der Waals surface area contributed by atoms with E-state index >= 15 is 0 Å². The summed E-state index contributed by atoms with van der Waals surface area (Å²) in [6, 6.07) is -0.816. The van der Waals surface area contributed by atoms with Gasteiger partial charge in [-0.2, -0.15) is 0 Å². The molecule has 1 aliphatic rings. The fourth-order valence-corrected chi connectivity index (χ4v) is 1.87. The van der Waals surface area contributed by atoms with Crippen LogP contribution >= 0.6 is 0 Å². The van der Waals surface area contributed by atoms with Gasteiger partial charge in [-0.1, -0.05) is 0 Å². The molecule has 0 radical (unpaired) electrons. The van der Waals surface area contributed by atoms with Crippen LogP contribution in [0, 0.1) is 11.8 Å². The van der Waals surface area contributed by atoms with Crippen LogP contribution in [0.1, 0.15) is 32.1 Å². The topological polar surface area (TPSA) is 106 Å². The van der Waals surface area contributed by atoms with Crippen LogP contribution in [0.15, 0.2) is 0 Å². The molecule has 0 bridgehead atoms. The number of rotatable bonds is 7. The first-order chi connectivity index (χ1) is 7.00. The Kier molecular flexibility index (Phi) is 4.08. The van der Waals surface area contributed by atoms with Crippen LogP contribution in [-0.4, -0.2) is 23.0 Å². The third-order valence-corrected chi connectivity index (χ3v) is 2.92. The minimum absolute atomic E-state index is 0.239. The lowest BCUT2D eigenvalue weighted by Gasteiger charge is -2.17. The van der Waals surface area contributed by atoms with Crippen LogP contribution in [-0.2, 0) is 9.59 Å². The maximum absolute atomic E-state index is 10.6. The smallest absolute Gasteiger partial charge is 0.320 e. The van der Waals surface area contributed by atoms with Crippen LogP contribution in [0.4, 0.5) is 0 Å². The standard InChI is InChI=1S/C10H18N2O3/c11-8(10(14)15)5-7(6-1-2-6)3-4-9(12)13/h6-8H,1-5,11H2,(H2,12,13)(H,14,15). The van der Waals surface area contributed by atoms with E-state index in [-0.39, 0.29) is 11.8 Å². The number of aliphatic carboxylic acids is 1. The molecule has 1 aliphatic carbocycles. The van der Waals surface area contributed by atoms with Crippen molar-refractivity contribution in [2.24, 2.45) is 23.3 Å². The normalized spacial score (nSPS) is 19.5. The highest BCUT2D eigenvalue weighted by molar-refractivity contribution is 5.74. The average Bonchev–Trinajstić information content (AvgIpc) is 2.94. The van der Waals surface area contributed by atoms with Crippen molar-refractivity contribution >= 4 is 11.9 Å². The Bertz CT molecular complexity index is 251. The van der Waals surface area contributed by atoms with Crippen molar-refractivity contribution in [2.45, 2.75) is 38.1 Å². The van der Waals surface area contributed by atoms with Gasteiger partial charge in [-0.25, -0.2) is 0 Å². The lowest BCUT2D eigenvalue weighted by atomic mass is 9.90. The summed E-state index contributed by atoms with van der Waals surface area (Å²) in [6.07, 6.45) is 3.69. The maximum atomic E-state index is 10.6. The first kappa shape index (κ1) is 12.0. The summed E-state index contributed by atoms with van der Waals surface area (Å²) >= 11 is 0. The summed E-state index contributed by atoms with van der Waals surface area (Å²) in [5.41, 5.74) is 10.5. The Morgan fingerprint density at radius 3 is 2.40 bits per heavy atom. The second kappa shape index (κ2) is 5.11. The molecule has 0 saturated heterocycles. The summed E-state index contributed by atoms with van der Waals surface area (Å²) < 4.78 is 0. The predicted octanol–water partition coefficient (Wildman–Crippen LogP) is 0.0801. The number of hydrogen-bond acceptors (Lipinski definition) is 3. The molecule has 15 heavy (non-hydrogen) atoms. The summed E-state index contributed by atoms with van der Waals surface area (Å²) in [4.78, 5) is 21.2. The van der Waals surface area contributed by atoms with E-state index < -0.39 is 12.0 Å². The zero-order valence-electron chi connectivity index (χ0n) is 8.69. The lowest BCUT2D eigenvalue weighted by molar-refractivity contribution is -0.139. The van der Waals surface area contributed by atoms with Crippen molar-refractivity contribution in [1.82, 2.24) is 0 Å². The van der Waals surface area contributed by atoms with Gasteiger partial charge >= 0.3 is 5.97 Å². The maximum Gasteiger partial charge on any atom is 0.320 e. The number of carbonyl (C=O) groups excluding carboxylic acids is 1. The van der Waals surface area contributed by atoms with Gasteiger partial charge in [-0.3, -0.25) is 9.59 Å². The van der Waals surface area contributed by atoms with Crippen molar-refractivity contribution in [3.63, 3.8) is 0 Å². The van der Waals surface area contributed by atoms with E-state index in [4.69, 9.17) is 16.6 Å². The zero-order chi connectivity index (χ0) is 11.4. The molecule has 0 aromatic heterocycles. The quantitative estimate of drug-likeness (QED) is 0.558. The Balaban J connectivity index is 2.36. The predicted molar refractivity (Wildman–Crippen MR) is 54.9 cm³/mol. The first-order valence-corrected chi connectivity index (χ1v) is 5.27. The molecule has 5 N–H and O–H groups in total. The van der Waals surface area contributed by atoms with Gasteiger partial charge in [0.05, 0.1) is 0 Å².